The molecule has 0 aliphatic heterocycles. The largest absolute Gasteiger partial charge is 0.289 e. The van der Waals surface area contributed by atoms with E-state index in [0.717, 1.165) is 22.3 Å². The average Bonchev–Trinajstić information content (AvgIpc) is 3.02. The number of carbonyl (C=O) groups excluding carboxylic acids is 2. The van der Waals surface area contributed by atoms with Crippen LogP contribution < -0.4 is 0 Å². The predicted octanol–water partition coefficient (Wildman–Crippen LogP) is 7.15. The Hall–Kier alpha value is -5.76. The molecule has 0 radical (unpaired) electrons. The van der Waals surface area contributed by atoms with E-state index in [1.807, 2.05) is 24.3 Å². The van der Waals surface area contributed by atoms with Gasteiger partial charge in [0.05, 0.1) is 9.85 Å². The van der Waals surface area contributed by atoms with Crippen molar-refractivity contribution in [1.82, 2.24) is 0 Å². The van der Waals surface area contributed by atoms with Crippen LogP contribution in [-0.4, -0.2) is 21.4 Å². The van der Waals surface area contributed by atoms with Crippen LogP contribution in [0.25, 0.3) is 0 Å². The molecule has 5 aromatic rings. The van der Waals surface area contributed by atoms with Gasteiger partial charge >= 0.3 is 0 Å². The van der Waals surface area contributed by atoms with Gasteiger partial charge in [0.2, 0.25) is 0 Å². The summed E-state index contributed by atoms with van der Waals surface area (Å²) in [5.41, 5.74) is 6.07. The molecule has 5 aromatic carbocycles. The molecule has 0 amide bonds. The van der Waals surface area contributed by atoms with Crippen molar-refractivity contribution in [3.63, 3.8) is 0 Å². The van der Waals surface area contributed by atoms with Gasteiger partial charge in [0, 0.05) is 46.5 Å². The Morgan fingerprint density at radius 2 is 0.619 bits per heavy atom. The zero-order chi connectivity index (χ0) is 29.6. The van der Waals surface area contributed by atoms with E-state index in [1.165, 1.54) is 48.5 Å². The highest BCUT2D eigenvalue weighted by molar-refractivity contribution is 6.09. The number of hydrogen-bond donors (Lipinski definition) is 0. The van der Waals surface area contributed by atoms with Crippen molar-refractivity contribution >= 4 is 22.9 Å². The lowest BCUT2D eigenvalue weighted by Gasteiger charge is -2.07. The number of hydrogen-bond acceptors (Lipinski definition) is 6. The van der Waals surface area contributed by atoms with Crippen LogP contribution in [0.2, 0.25) is 0 Å². The molecule has 0 unspecified atom stereocenters. The van der Waals surface area contributed by atoms with Crippen molar-refractivity contribution in [3.05, 3.63) is 186 Å². The molecular weight excluding hydrogens is 532 g/mol. The molecular formula is C34H24N2O6. The summed E-state index contributed by atoms with van der Waals surface area (Å²) in [6.45, 7) is 0. The second-order valence-electron chi connectivity index (χ2n) is 9.83. The van der Waals surface area contributed by atoms with E-state index < -0.39 is 9.85 Å². The van der Waals surface area contributed by atoms with Crippen molar-refractivity contribution in [1.29, 1.82) is 0 Å². The normalized spacial score (nSPS) is 10.7. The molecule has 0 fully saturated rings. The molecule has 42 heavy (non-hydrogen) atoms. The Bertz CT molecular complexity index is 1630. The van der Waals surface area contributed by atoms with Crippen molar-refractivity contribution < 1.29 is 19.4 Å². The average molecular weight is 557 g/mol. The predicted molar refractivity (Wildman–Crippen MR) is 158 cm³/mol. The maximum absolute atomic E-state index is 12.7. The number of carbonyl (C=O) groups is 2. The lowest BCUT2D eigenvalue weighted by molar-refractivity contribution is -0.385. The van der Waals surface area contributed by atoms with Crippen molar-refractivity contribution in [3.8, 4) is 0 Å². The van der Waals surface area contributed by atoms with Crippen LogP contribution in [0.1, 0.15) is 54.1 Å². The maximum atomic E-state index is 12.7. The Kier molecular flexibility index (Phi) is 8.06. The molecule has 206 valence electrons. The van der Waals surface area contributed by atoms with Gasteiger partial charge in [0.25, 0.3) is 11.4 Å². The van der Waals surface area contributed by atoms with Crippen LogP contribution in [0.3, 0.4) is 0 Å². The zero-order valence-electron chi connectivity index (χ0n) is 22.3. The highest BCUT2D eigenvalue weighted by Gasteiger charge is 2.13. The number of nitrogens with zero attached hydrogens (tertiary/aromatic N) is 2. The number of non-ortho nitro benzene ring substituents is 2. The van der Waals surface area contributed by atoms with Gasteiger partial charge in [-0.3, -0.25) is 29.8 Å². The van der Waals surface area contributed by atoms with Crippen molar-refractivity contribution in [2.75, 3.05) is 0 Å². The molecule has 0 saturated carbocycles. The van der Waals surface area contributed by atoms with E-state index in [1.54, 1.807) is 24.3 Å². The summed E-state index contributed by atoms with van der Waals surface area (Å²) in [5.74, 6) is -0.380. The first-order valence-corrected chi connectivity index (χ1v) is 13.1. The first kappa shape index (κ1) is 27.8. The van der Waals surface area contributed by atoms with Gasteiger partial charge in [-0.1, -0.05) is 72.8 Å². The van der Waals surface area contributed by atoms with Crippen molar-refractivity contribution in [2.24, 2.45) is 0 Å². The fourth-order valence-corrected chi connectivity index (χ4v) is 4.60. The SMILES string of the molecule is O=C(c1ccc(Cc2ccc(Cc3ccc(C(=O)c4ccc([N+](=O)[O-])cc4)cc3)cc2)cc1)c1ccc([N+](=O)[O-])cc1. The minimum atomic E-state index is -0.496. The zero-order valence-corrected chi connectivity index (χ0v) is 22.3. The van der Waals surface area contributed by atoms with Gasteiger partial charge < -0.3 is 0 Å². The van der Waals surface area contributed by atoms with Gasteiger partial charge in [-0.25, -0.2) is 0 Å². The van der Waals surface area contributed by atoms with E-state index in [4.69, 9.17) is 0 Å². The summed E-state index contributed by atoms with van der Waals surface area (Å²) >= 11 is 0. The summed E-state index contributed by atoms with van der Waals surface area (Å²) in [4.78, 5) is 46.1. The van der Waals surface area contributed by atoms with Crippen LogP contribution in [0, 0.1) is 20.2 Å². The van der Waals surface area contributed by atoms with Gasteiger partial charge in [-0.15, -0.1) is 0 Å². The van der Waals surface area contributed by atoms with Crippen LogP contribution in [0.4, 0.5) is 11.4 Å². The number of benzene rings is 5. The maximum Gasteiger partial charge on any atom is 0.269 e. The molecule has 8 heteroatoms. The van der Waals surface area contributed by atoms with E-state index in [0.29, 0.717) is 35.1 Å². The van der Waals surface area contributed by atoms with E-state index in [9.17, 15) is 29.8 Å². The van der Waals surface area contributed by atoms with E-state index in [-0.39, 0.29) is 22.9 Å². The summed E-state index contributed by atoms with van der Waals surface area (Å²) in [5, 5.41) is 21.7. The molecule has 0 aromatic heterocycles. The lowest BCUT2D eigenvalue weighted by Crippen LogP contribution is -2.02. The molecule has 0 aliphatic rings. The number of nitro benzene ring substituents is 2. The van der Waals surface area contributed by atoms with E-state index in [2.05, 4.69) is 24.3 Å². The highest BCUT2D eigenvalue weighted by atomic mass is 16.6. The minimum Gasteiger partial charge on any atom is -0.289 e. The second-order valence-corrected chi connectivity index (χ2v) is 9.83. The molecule has 5 rings (SSSR count). The van der Waals surface area contributed by atoms with Crippen molar-refractivity contribution in [2.45, 2.75) is 12.8 Å². The van der Waals surface area contributed by atoms with Gasteiger partial charge in [0.1, 0.15) is 0 Å². The van der Waals surface area contributed by atoms with Crippen LogP contribution >= 0.6 is 0 Å². The standard InChI is InChI=1S/C34H24N2O6/c37-33(29-13-17-31(18-14-29)35(39)40)27-9-5-25(6-10-27)21-23-1-2-24(4-3-23)22-26-7-11-28(12-8-26)34(38)30-15-19-32(20-16-30)36(41)42/h1-20H,21-22H2. The highest BCUT2D eigenvalue weighted by Crippen LogP contribution is 2.20. The molecule has 0 atom stereocenters. The lowest BCUT2D eigenvalue weighted by atomic mass is 9.97. The van der Waals surface area contributed by atoms with Gasteiger partial charge in [-0.2, -0.15) is 0 Å². The molecule has 0 heterocycles. The monoisotopic (exact) mass is 556 g/mol. The quantitative estimate of drug-likeness (QED) is 0.102. The Balaban J connectivity index is 1.17. The molecule has 0 saturated heterocycles. The third-order valence-corrected chi connectivity index (χ3v) is 6.95. The number of ketones is 2. The van der Waals surface area contributed by atoms with Crippen LogP contribution in [-0.2, 0) is 12.8 Å². The van der Waals surface area contributed by atoms with E-state index >= 15 is 0 Å². The topological polar surface area (TPSA) is 120 Å². The summed E-state index contributed by atoms with van der Waals surface area (Å²) in [6, 6.07) is 34.1. The number of nitro groups is 2. The Morgan fingerprint density at radius 3 is 0.857 bits per heavy atom. The molecule has 8 nitrogen and oxygen atoms in total. The molecule has 0 bridgehead atoms. The smallest absolute Gasteiger partial charge is 0.269 e. The fraction of sp³-hybridized carbons (Fsp3) is 0.0588. The Morgan fingerprint density at radius 1 is 0.405 bits per heavy atom. The second kappa shape index (κ2) is 12.2. The third kappa shape index (κ3) is 6.51. The third-order valence-electron chi connectivity index (χ3n) is 6.95. The fourth-order valence-electron chi connectivity index (χ4n) is 4.60. The van der Waals surface area contributed by atoms with Gasteiger partial charge in [0.15, 0.2) is 11.6 Å². The summed E-state index contributed by atoms with van der Waals surface area (Å²) < 4.78 is 0. The first-order chi connectivity index (χ1) is 20.3. The summed E-state index contributed by atoms with van der Waals surface area (Å²) in [6.07, 6.45) is 1.40. The summed E-state index contributed by atoms with van der Waals surface area (Å²) in [7, 11) is 0. The van der Waals surface area contributed by atoms with Crippen LogP contribution in [0.15, 0.2) is 121 Å². The minimum absolute atomic E-state index is 0.0563. The van der Waals surface area contributed by atoms with Crippen LogP contribution in [0.5, 0.6) is 0 Å². The molecule has 0 N–H and O–H groups in total. The first-order valence-electron chi connectivity index (χ1n) is 13.1. The number of rotatable bonds is 10. The molecule has 0 aliphatic carbocycles. The molecule has 0 spiro atoms. The Labute approximate surface area is 241 Å². The van der Waals surface area contributed by atoms with Gasteiger partial charge in [-0.05, 0) is 59.4 Å².